The number of nitrogens with one attached hydrogen (secondary N) is 2. The molecule has 2 aromatic rings. The third-order valence-electron chi connectivity index (χ3n) is 4.77. The number of carbonyl (C=O) groups is 2. The van der Waals surface area contributed by atoms with Crippen LogP contribution in [0.5, 0.6) is 0 Å². The van der Waals surface area contributed by atoms with Crippen molar-refractivity contribution < 1.29 is 22.7 Å². The van der Waals surface area contributed by atoms with Crippen LogP contribution in [0.15, 0.2) is 41.4 Å². The quantitative estimate of drug-likeness (QED) is 0.580. The molecule has 0 radical (unpaired) electrons. The van der Waals surface area contributed by atoms with E-state index in [0.717, 1.165) is 0 Å². The predicted molar refractivity (Wildman–Crippen MR) is 111 cm³/mol. The molecule has 0 spiro atoms. The van der Waals surface area contributed by atoms with Crippen molar-refractivity contribution in [3.8, 4) is 6.07 Å². The fraction of sp³-hybridized carbons (Fsp3) is 0.350. The average molecular weight is 446 g/mol. The molecule has 1 saturated heterocycles. The molecule has 2 amide bonds. The van der Waals surface area contributed by atoms with E-state index < -0.39 is 15.9 Å². The Morgan fingerprint density at radius 1 is 1.13 bits per heavy atom. The molecule has 0 aliphatic carbocycles. The minimum Gasteiger partial charge on any atom is -0.379 e. The lowest BCUT2D eigenvalue weighted by atomic mass is 10.1. The summed E-state index contributed by atoms with van der Waals surface area (Å²) < 4.78 is 33.5. The summed E-state index contributed by atoms with van der Waals surface area (Å²) in [5, 5.41) is 14.2. The van der Waals surface area contributed by atoms with Crippen molar-refractivity contribution in [2.75, 3.05) is 39.4 Å². The number of carbonyl (C=O) groups excluding carboxylic acids is 2. The molecule has 31 heavy (non-hydrogen) atoms. The summed E-state index contributed by atoms with van der Waals surface area (Å²) in [4.78, 5) is 24.6. The Labute approximate surface area is 180 Å². The highest BCUT2D eigenvalue weighted by molar-refractivity contribution is 7.89. The predicted octanol–water partition coefficient (Wildman–Crippen LogP) is 0.0775. The van der Waals surface area contributed by atoms with E-state index in [9.17, 15) is 18.0 Å². The number of ether oxygens (including phenoxy) is 1. The molecule has 2 N–H and O–H groups in total. The highest BCUT2D eigenvalue weighted by Gasteiger charge is 2.28. The molecular weight excluding hydrogens is 422 g/mol. The van der Waals surface area contributed by atoms with Gasteiger partial charge in [0.25, 0.3) is 11.8 Å². The van der Waals surface area contributed by atoms with Gasteiger partial charge in [0.2, 0.25) is 10.0 Å². The Kier molecular flexibility index (Phi) is 7.06. The summed E-state index contributed by atoms with van der Waals surface area (Å²) in [6.07, 6.45) is 1.41. The maximum absolute atomic E-state index is 12.7. The molecule has 11 heteroatoms. The summed E-state index contributed by atoms with van der Waals surface area (Å²) >= 11 is 0. The van der Waals surface area contributed by atoms with Crippen LogP contribution in [0.2, 0.25) is 0 Å². The highest BCUT2D eigenvalue weighted by atomic mass is 32.2. The maximum atomic E-state index is 12.7. The number of aromatic nitrogens is 1. The summed E-state index contributed by atoms with van der Waals surface area (Å²) in [5.74, 6) is -0.809. The van der Waals surface area contributed by atoms with E-state index in [1.165, 1.54) is 27.2 Å². The molecule has 0 atom stereocenters. The zero-order valence-electron chi connectivity index (χ0n) is 17.0. The zero-order chi connectivity index (χ0) is 22.4. The average Bonchev–Trinajstić information content (AvgIpc) is 3.19. The summed E-state index contributed by atoms with van der Waals surface area (Å²) in [5.41, 5.74) is 0.929. The number of sulfonamides is 1. The molecule has 1 aliphatic rings. The van der Waals surface area contributed by atoms with Crippen molar-refractivity contribution in [1.29, 1.82) is 5.26 Å². The van der Waals surface area contributed by atoms with E-state index in [-0.39, 0.29) is 42.7 Å². The molecule has 3 rings (SSSR count). The van der Waals surface area contributed by atoms with Gasteiger partial charge in [-0.2, -0.15) is 9.57 Å². The van der Waals surface area contributed by atoms with Crippen LogP contribution in [0.3, 0.4) is 0 Å². The summed E-state index contributed by atoms with van der Waals surface area (Å²) in [6.45, 7) is 1.55. The molecule has 0 saturated carbocycles. The van der Waals surface area contributed by atoms with E-state index in [1.807, 2.05) is 6.07 Å². The van der Waals surface area contributed by atoms with Gasteiger partial charge in [0.05, 0.1) is 24.8 Å². The van der Waals surface area contributed by atoms with Gasteiger partial charge in [0.15, 0.2) is 0 Å². The van der Waals surface area contributed by atoms with E-state index >= 15 is 0 Å². The fourth-order valence-electron chi connectivity index (χ4n) is 3.11. The number of benzene rings is 1. The van der Waals surface area contributed by atoms with Gasteiger partial charge in [-0.25, -0.2) is 8.42 Å². The normalized spacial score (nSPS) is 14.6. The molecule has 1 aromatic heterocycles. The topological polar surface area (TPSA) is 134 Å². The van der Waals surface area contributed by atoms with Gasteiger partial charge >= 0.3 is 0 Å². The van der Waals surface area contributed by atoms with Gasteiger partial charge in [-0.15, -0.1) is 0 Å². The molecule has 0 unspecified atom stereocenters. The number of amides is 2. The second kappa shape index (κ2) is 9.74. The number of nitrogens with zero attached hydrogens (tertiary/aromatic N) is 3. The van der Waals surface area contributed by atoms with Crippen molar-refractivity contribution in [1.82, 2.24) is 19.5 Å². The third kappa shape index (κ3) is 5.29. The number of hydrogen-bond acceptors (Lipinski definition) is 6. The smallest absolute Gasteiger partial charge is 0.268 e. The largest absolute Gasteiger partial charge is 0.379 e. The van der Waals surface area contributed by atoms with Gasteiger partial charge < -0.3 is 19.9 Å². The second-order valence-corrected chi connectivity index (χ2v) is 8.83. The number of aryl methyl sites for hydroxylation is 1. The van der Waals surface area contributed by atoms with E-state index in [2.05, 4.69) is 10.6 Å². The van der Waals surface area contributed by atoms with Crippen molar-refractivity contribution in [2.24, 2.45) is 7.05 Å². The van der Waals surface area contributed by atoms with Crippen LogP contribution in [0.1, 0.15) is 26.4 Å². The maximum Gasteiger partial charge on any atom is 0.268 e. The molecule has 1 aromatic carbocycles. The molecule has 1 aliphatic heterocycles. The van der Waals surface area contributed by atoms with Crippen LogP contribution in [0, 0.1) is 11.3 Å². The Morgan fingerprint density at radius 2 is 1.81 bits per heavy atom. The fourth-order valence-corrected chi connectivity index (χ4v) is 4.59. The van der Waals surface area contributed by atoms with Crippen LogP contribution in [-0.2, 0) is 21.8 Å². The number of rotatable bonds is 7. The van der Waals surface area contributed by atoms with Crippen molar-refractivity contribution in [2.45, 2.75) is 4.90 Å². The Morgan fingerprint density at radius 3 is 2.48 bits per heavy atom. The molecule has 1 fully saturated rings. The first-order valence-corrected chi connectivity index (χ1v) is 11.1. The zero-order valence-corrected chi connectivity index (χ0v) is 17.8. The first-order valence-electron chi connectivity index (χ1n) is 9.64. The Hall–Kier alpha value is -3.20. The first kappa shape index (κ1) is 22.5. The monoisotopic (exact) mass is 445 g/mol. The summed E-state index contributed by atoms with van der Waals surface area (Å²) in [6, 6.07) is 9.60. The van der Waals surface area contributed by atoms with Gasteiger partial charge in [-0.3, -0.25) is 9.59 Å². The van der Waals surface area contributed by atoms with Crippen molar-refractivity contribution >= 4 is 21.8 Å². The van der Waals surface area contributed by atoms with Crippen molar-refractivity contribution in [3.05, 3.63) is 53.3 Å². The van der Waals surface area contributed by atoms with Crippen LogP contribution in [0.25, 0.3) is 0 Å². The van der Waals surface area contributed by atoms with Gasteiger partial charge in [0, 0.05) is 45.0 Å². The van der Waals surface area contributed by atoms with Crippen LogP contribution >= 0.6 is 0 Å². The van der Waals surface area contributed by atoms with Crippen LogP contribution in [0.4, 0.5) is 0 Å². The Balaban J connectivity index is 1.55. The molecule has 0 bridgehead atoms. The standard InChI is InChI=1S/C20H23N5O5S/c1-24-14-17(31(28,29)25-7-9-30-10-8-25)12-18(24)20(27)23-6-5-22-19(26)16-4-2-3-15(11-16)13-21/h2-4,11-12,14H,5-10H2,1H3,(H,22,26)(H,23,27). The lowest BCUT2D eigenvalue weighted by Gasteiger charge is -2.25. The van der Waals surface area contributed by atoms with Crippen molar-refractivity contribution in [3.63, 3.8) is 0 Å². The number of morpholine rings is 1. The lowest BCUT2D eigenvalue weighted by molar-refractivity contribution is 0.0730. The molecule has 164 valence electrons. The van der Waals surface area contributed by atoms with E-state index in [4.69, 9.17) is 10.00 Å². The third-order valence-corrected chi connectivity index (χ3v) is 6.63. The minimum absolute atomic E-state index is 0.0488. The molecular formula is C20H23N5O5S. The molecule has 2 heterocycles. The van der Waals surface area contributed by atoms with Gasteiger partial charge in [-0.1, -0.05) is 6.07 Å². The summed E-state index contributed by atoms with van der Waals surface area (Å²) in [7, 11) is -2.10. The number of hydrogen-bond donors (Lipinski definition) is 2. The highest BCUT2D eigenvalue weighted by Crippen LogP contribution is 2.19. The molecule has 10 nitrogen and oxygen atoms in total. The minimum atomic E-state index is -3.70. The van der Waals surface area contributed by atoms with Crippen LogP contribution < -0.4 is 10.6 Å². The SMILES string of the molecule is Cn1cc(S(=O)(=O)N2CCOCC2)cc1C(=O)NCCNC(=O)c1cccc(C#N)c1. The van der Waals surface area contributed by atoms with Gasteiger partial charge in [0.1, 0.15) is 10.6 Å². The van der Waals surface area contributed by atoms with E-state index in [1.54, 1.807) is 25.2 Å². The second-order valence-electron chi connectivity index (χ2n) is 6.89. The van der Waals surface area contributed by atoms with Gasteiger partial charge in [-0.05, 0) is 24.3 Å². The Bertz CT molecular complexity index is 1110. The lowest BCUT2D eigenvalue weighted by Crippen LogP contribution is -2.40. The first-order chi connectivity index (χ1) is 14.8. The van der Waals surface area contributed by atoms with Crippen LogP contribution in [-0.4, -0.2) is 68.5 Å². The number of nitriles is 1. The van der Waals surface area contributed by atoms with E-state index in [0.29, 0.717) is 24.3 Å².